The molecule has 1 unspecified atom stereocenters. The van der Waals surface area contributed by atoms with E-state index in [0.717, 1.165) is 32.2 Å². The summed E-state index contributed by atoms with van der Waals surface area (Å²) in [4.78, 5) is 28.7. The molecule has 0 radical (unpaired) electrons. The summed E-state index contributed by atoms with van der Waals surface area (Å²) in [5, 5.41) is 9.07. The fourth-order valence-electron chi connectivity index (χ4n) is 4.44. The van der Waals surface area contributed by atoms with Crippen LogP contribution in [0.2, 0.25) is 0 Å². The van der Waals surface area contributed by atoms with Gasteiger partial charge in [0.2, 0.25) is 5.91 Å². The summed E-state index contributed by atoms with van der Waals surface area (Å²) in [5.41, 5.74) is 5.46. The Labute approximate surface area is 218 Å². The van der Waals surface area contributed by atoms with E-state index in [9.17, 15) is 18.4 Å². The van der Waals surface area contributed by atoms with Gasteiger partial charge in [-0.3, -0.25) is 14.7 Å². The Morgan fingerprint density at radius 1 is 1.34 bits per heavy atom. The molecule has 2 amide bonds. The smallest absolute Gasteiger partial charge is 0.255 e. The zero-order valence-electron chi connectivity index (χ0n) is 21.2. The fraction of sp³-hybridized carbons (Fsp3) is 0.385. The number of aromatic amines is 1. The zero-order chi connectivity index (χ0) is 27.4. The number of benzene rings is 1. The molecule has 1 aromatic carbocycles. The third kappa shape index (κ3) is 5.38. The van der Waals surface area contributed by atoms with E-state index in [0.29, 0.717) is 12.1 Å². The predicted molar refractivity (Wildman–Crippen MR) is 137 cm³/mol. The number of likely N-dealkylation sites (tertiary alicyclic amines) is 1. The first kappa shape index (κ1) is 26.8. The molecule has 1 saturated heterocycles. The molecule has 1 atom stereocenters. The Kier molecular flexibility index (Phi) is 8.07. The van der Waals surface area contributed by atoms with Crippen molar-refractivity contribution in [3.05, 3.63) is 53.5 Å². The molecule has 4 N–H and O–H groups in total. The maximum atomic E-state index is 14.7. The van der Waals surface area contributed by atoms with E-state index < -0.39 is 23.1 Å². The lowest BCUT2D eigenvalue weighted by Gasteiger charge is -2.22. The first-order valence-corrected chi connectivity index (χ1v) is 12.1. The molecule has 0 spiro atoms. The fourth-order valence-corrected chi connectivity index (χ4v) is 4.44. The minimum Gasteiger partial charge on any atom is -0.383 e. The van der Waals surface area contributed by atoms with Gasteiger partial charge in [0.1, 0.15) is 22.6 Å². The normalized spacial score (nSPS) is 16.4. The van der Waals surface area contributed by atoms with Crippen LogP contribution in [-0.2, 0) is 9.53 Å². The maximum absolute atomic E-state index is 14.7. The number of halogens is 2. The van der Waals surface area contributed by atoms with Crippen molar-refractivity contribution in [3.63, 3.8) is 0 Å². The van der Waals surface area contributed by atoms with Crippen LogP contribution >= 0.6 is 0 Å². The van der Waals surface area contributed by atoms with Crippen LogP contribution in [-0.4, -0.2) is 69.8 Å². The number of H-pyrrole nitrogens is 1. The quantitative estimate of drug-likeness (QED) is 0.335. The number of primary amides is 1. The van der Waals surface area contributed by atoms with Crippen molar-refractivity contribution in [2.75, 3.05) is 32.6 Å². The monoisotopic (exact) mass is 525 g/mol. The molecule has 1 aliphatic heterocycles. The van der Waals surface area contributed by atoms with Crippen LogP contribution < -0.4 is 11.1 Å². The van der Waals surface area contributed by atoms with Gasteiger partial charge in [-0.2, -0.15) is 5.10 Å². The summed E-state index contributed by atoms with van der Waals surface area (Å²) >= 11 is 0. The molecule has 3 heterocycles. The number of nitrogens with two attached hydrogens (primary N) is 1. The number of rotatable bonds is 6. The lowest BCUT2D eigenvalue weighted by Crippen LogP contribution is -2.36. The average molecular weight is 526 g/mol. The molecule has 10 nitrogen and oxygen atoms in total. The Balaban J connectivity index is 0.000000236. The Hall–Kier alpha value is -4.24. The van der Waals surface area contributed by atoms with E-state index in [1.807, 2.05) is 4.90 Å². The van der Waals surface area contributed by atoms with E-state index in [1.54, 1.807) is 18.7 Å². The second-order valence-electron chi connectivity index (χ2n) is 8.97. The minimum atomic E-state index is -0.833. The van der Waals surface area contributed by atoms with Crippen LogP contribution in [0, 0.1) is 23.5 Å². The number of amides is 2. The molecule has 200 valence electrons. The van der Waals surface area contributed by atoms with Crippen LogP contribution in [0.15, 0.2) is 25.0 Å². The first-order valence-electron chi connectivity index (χ1n) is 12.1. The van der Waals surface area contributed by atoms with Crippen molar-refractivity contribution < 1.29 is 23.1 Å². The lowest BCUT2D eigenvalue weighted by molar-refractivity contribution is -0.127. The van der Waals surface area contributed by atoms with Gasteiger partial charge in [-0.05, 0) is 37.7 Å². The molecule has 3 aromatic rings. The summed E-state index contributed by atoms with van der Waals surface area (Å²) in [5.74, 6) is 2.80. The van der Waals surface area contributed by atoms with Crippen molar-refractivity contribution in [1.29, 1.82) is 0 Å². The highest BCUT2D eigenvalue weighted by atomic mass is 19.1. The van der Waals surface area contributed by atoms with E-state index in [2.05, 4.69) is 38.9 Å². The van der Waals surface area contributed by atoms with Gasteiger partial charge in [-0.15, -0.1) is 0 Å². The molecule has 0 bridgehead atoms. The molecular weight excluding hydrogens is 496 g/mol. The van der Waals surface area contributed by atoms with Crippen molar-refractivity contribution in [1.82, 2.24) is 24.6 Å². The number of anilines is 1. The second-order valence-corrected chi connectivity index (χ2v) is 8.97. The summed E-state index contributed by atoms with van der Waals surface area (Å²) in [6.07, 6.45) is 6.95. The van der Waals surface area contributed by atoms with Gasteiger partial charge in [-0.1, -0.05) is 12.5 Å². The predicted octanol–water partition coefficient (Wildman–Crippen LogP) is 2.72. The summed E-state index contributed by atoms with van der Waals surface area (Å²) in [6.45, 7) is 4.95. The van der Waals surface area contributed by atoms with Crippen LogP contribution in [0.4, 0.5) is 14.6 Å². The number of ether oxygens (including phenoxy) is 1. The summed E-state index contributed by atoms with van der Waals surface area (Å²) in [7, 11) is 3.22. The van der Waals surface area contributed by atoms with Gasteiger partial charge in [-0.25, -0.2) is 13.8 Å². The second kappa shape index (κ2) is 11.4. The Morgan fingerprint density at radius 3 is 2.74 bits per heavy atom. The SMILES string of the molecule is C=CC(=O)N1CCCC1COC.CNc1n[nH]c(C#Cc2c(F)cc3c(ncn3C3CC3)c2F)c1C(N)=O. The number of nitrogens with zero attached hydrogens (tertiary/aromatic N) is 4. The van der Waals surface area contributed by atoms with Crippen LogP contribution in [0.25, 0.3) is 11.0 Å². The van der Waals surface area contributed by atoms with E-state index >= 15 is 0 Å². The molecule has 38 heavy (non-hydrogen) atoms. The average Bonchev–Trinajstić information content (AvgIpc) is 3.28. The Bertz CT molecular complexity index is 1430. The number of carbonyl (C=O) groups excluding carboxylic acids is 2. The van der Waals surface area contributed by atoms with Crippen LogP contribution in [0.5, 0.6) is 0 Å². The molecule has 12 heteroatoms. The number of methoxy groups -OCH3 is 1. The topological polar surface area (TPSA) is 131 Å². The number of hydrogen-bond acceptors (Lipinski definition) is 6. The van der Waals surface area contributed by atoms with Gasteiger partial charge >= 0.3 is 0 Å². The molecule has 1 aliphatic carbocycles. The summed E-state index contributed by atoms with van der Waals surface area (Å²) in [6, 6.07) is 1.74. The number of nitrogens with one attached hydrogen (secondary N) is 2. The van der Waals surface area contributed by atoms with E-state index in [-0.39, 0.29) is 40.6 Å². The molecule has 5 rings (SSSR count). The third-order valence-corrected chi connectivity index (χ3v) is 6.46. The number of imidazole rings is 1. The lowest BCUT2D eigenvalue weighted by atomic mass is 10.1. The van der Waals surface area contributed by atoms with Gasteiger partial charge in [0, 0.05) is 32.8 Å². The summed E-state index contributed by atoms with van der Waals surface area (Å²) < 4.78 is 36.0. The standard InChI is InChI=1S/C17H14F2N6O.C9H15NO2/c1-21-17-13(16(20)26)11(23-24-17)5-4-9-10(18)6-12-15(14(9)19)22-7-25(12)8-2-3-8;1-3-9(11)10-6-4-5-8(10)7-12-2/h6-8H,2-3H2,1H3,(H2,20,26)(H2,21,23,24);3,8H,1,4-7H2,2H3. The number of carbonyl (C=O) groups is 2. The largest absolute Gasteiger partial charge is 0.383 e. The highest BCUT2D eigenvalue weighted by molar-refractivity contribution is 5.99. The highest BCUT2D eigenvalue weighted by Crippen LogP contribution is 2.38. The van der Waals surface area contributed by atoms with Crippen LogP contribution in [0.3, 0.4) is 0 Å². The van der Waals surface area contributed by atoms with Gasteiger partial charge in [0.15, 0.2) is 11.6 Å². The number of aromatic nitrogens is 4. The molecule has 2 aromatic heterocycles. The minimum absolute atomic E-state index is 0.0227. The highest BCUT2D eigenvalue weighted by Gasteiger charge is 2.28. The van der Waals surface area contributed by atoms with Crippen molar-refractivity contribution in [2.24, 2.45) is 5.73 Å². The molecule has 1 saturated carbocycles. The zero-order valence-corrected chi connectivity index (χ0v) is 21.2. The van der Waals surface area contributed by atoms with Crippen LogP contribution in [0.1, 0.15) is 53.3 Å². The van der Waals surface area contributed by atoms with Gasteiger partial charge in [0.05, 0.1) is 30.1 Å². The number of fused-ring (bicyclic) bond motifs is 1. The van der Waals surface area contributed by atoms with Crippen molar-refractivity contribution in [3.8, 4) is 11.8 Å². The van der Waals surface area contributed by atoms with Crippen molar-refractivity contribution >= 4 is 28.7 Å². The third-order valence-electron chi connectivity index (χ3n) is 6.46. The van der Waals surface area contributed by atoms with E-state index in [1.165, 1.54) is 18.5 Å². The maximum Gasteiger partial charge on any atom is 0.255 e. The first-order chi connectivity index (χ1) is 18.3. The molecule has 2 aliphatic rings. The Morgan fingerprint density at radius 2 is 2.11 bits per heavy atom. The molecular formula is C26H29F2N7O3. The van der Waals surface area contributed by atoms with Gasteiger partial charge in [0.25, 0.3) is 5.91 Å². The number of hydrogen-bond donors (Lipinski definition) is 3. The van der Waals surface area contributed by atoms with E-state index in [4.69, 9.17) is 10.5 Å². The van der Waals surface area contributed by atoms with Crippen molar-refractivity contribution in [2.45, 2.75) is 37.8 Å². The molecule has 2 fully saturated rings. The van der Waals surface area contributed by atoms with Gasteiger partial charge < -0.3 is 25.3 Å².